The van der Waals surface area contributed by atoms with Gasteiger partial charge in [-0.2, -0.15) is 0 Å². The van der Waals surface area contributed by atoms with Gasteiger partial charge in [0.2, 0.25) is 17.7 Å². The molecule has 0 aliphatic rings. The number of H-pyrrole nitrogens is 1. The summed E-state index contributed by atoms with van der Waals surface area (Å²) in [6.07, 6.45) is 0.667. The number of aromatic nitrogens is 4. The number of benzene rings is 2. The zero-order valence-corrected chi connectivity index (χ0v) is 14.9. The Balaban J connectivity index is 1.29. The van der Waals surface area contributed by atoms with Crippen molar-refractivity contribution in [3.05, 3.63) is 65.8 Å². The van der Waals surface area contributed by atoms with Crippen LogP contribution in [0.3, 0.4) is 0 Å². The Morgan fingerprint density at radius 1 is 1.11 bits per heavy atom. The summed E-state index contributed by atoms with van der Waals surface area (Å²) in [6.45, 7) is 2.37. The maximum atomic E-state index is 12.1. The Bertz CT molecular complexity index is 1030. The Morgan fingerprint density at radius 3 is 2.74 bits per heavy atom. The summed E-state index contributed by atoms with van der Waals surface area (Å²) >= 11 is 0. The van der Waals surface area contributed by atoms with E-state index in [4.69, 9.17) is 4.42 Å². The first-order valence-electron chi connectivity index (χ1n) is 8.77. The Kier molecular flexibility index (Phi) is 4.65. The molecule has 0 fully saturated rings. The first kappa shape index (κ1) is 17.0. The van der Waals surface area contributed by atoms with Gasteiger partial charge in [-0.25, -0.2) is 4.98 Å². The third-order valence-electron chi connectivity index (χ3n) is 4.22. The van der Waals surface area contributed by atoms with E-state index in [2.05, 4.69) is 25.5 Å². The van der Waals surface area contributed by atoms with Gasteiger partial charge in [-0.15, -0.1) is 10.2 Å². The van der Waals surface area contributed by atoms with Crippen molar-refractivity contribution in [1.82, 2.24) is 25.5 Å². The molecule has 7 nitrogen and oxygen atoms in total. The van der Waals surface area contributed by atoms with E-state index >= 15 is 0 Å². The van der Waals surface area contributed by atoms with E-state index in [-0.39, 0.29) is 12.3 Å². The lowest BCUT2D eigenvalue weighted by Gasteiger charge is -2.01. The van der Waals surface area contributed by atoms with Crippen LogP contribution in [0.1, 0.15) is 23.7 Å². The van der Waals surface area contributed by atoms with E-state index in [1.807, 2.05) is 55.5 Å². The van der Waals surface area contributed by atoms with Crippen molar-refractivity contribution in [2.75, 3.05) is 0 Å². The molecule has 0 unspecified atom stereocenters. The lowest BCUT2D eigenvalue weighted by atomic mass is 10.1. The van der Waals surface area contributed by atoms with Crippen LogP contribution in [0.4, 0.5) is 0 Å². The number of hydrogen-bond acceptors (Lipinski definition) is 5. The maximum Gasteiger partial charge on any atom is 0.247 e. The molecular formula is C20H19N5O2. The molecule has 0 spiro atoms. The first-order chi connectivity index (χ1) is 13.2. The number of hydrogen-bond donors (Lipinski definition) is 2. The van der Waals surface area contributed by atoms with Gasteiger partial charge in [-0.1, -0.05) is 29.8 Å². The smallest absolute Gasteiger partial charge is 0.247 e. The van der Waals surface area contributed by atoms with Gasteiger partial charge in [0.1, 0.15) is 5.82 Å². The number of amides is 1. The molecule has 7 heteroatoms. The number of aryl methyl sites for hydroxylation is 2. The van der Waals surface area contributed by atoms with Crippen molar-refractivity contribution in [2.45, 2.75) is 26.3 Å². The zero-order valence-electron chi connectivity index (χ0n) is 14.9. The number of nitrogens with one attached hydrogen (secondary N) is 2. The fourth-order valence-corrected chi connectivity index (χ4v) is 2.75. The number of imidazole rings is 1. The first-order valence-corrected chi connectivity index (χ1v) is 8.77. The average molecular weight is 361 g/mol. The summed E-state index contributed by atoms with van der Waals surface area (Å²) in [5.41, 5.74) is 3.88. The molecule has 1 amide bonds. The Hall–Kier alpha value is -3.48. The Labute approximate surface area is 155 Å². The fraction of sp³-hybridized carbons (Fsp3) is 0.200. The lowest BCUT2D eigenvalue weighted by Crippen LogP contribution is -2.23. The number of carbonyl (C=O) groups excluding carboxylic acids is 1. The molecule has 0 bridgehead atoms. The van der Waals surface area contributed by atoms with E-state index in [1.165, 1.54) is 5.56 Å². The molecule has 2 aromatic carbocycles. The number of carbonyl (C=O) groups is 1. The van der Waals surface area contributed by atoms with Gasteiger partial charge in [0.25, 0.3) is 0 Å². The fourth-order valence-electron chi connectivity index (χ4n) is 2.75. The topological polar surface area (TPSA) is 96.7 Å². The van der Waals surface area contributed by atoms with E-state index in [0.717, 1.165) is 22.4 Å². The van der Waals surface area contributed by atoms with Crippen LogP contribution < -0.4 is 5.32 Å². The summed E-state index contributed by atoms with van der Waals surface area (Å²) in [7, 11) is 0. The van der Waals surface area contributed by atoms with Crippen molar-refractivity contribution in [3.63, 3.8) is 0 Å². The molecule has 0 saturated heterocycles. The SMILES string of the molecule is Cc1ccc(-c2nnc(CCC(=O)NCc3nc4ccccc4[nH]3)o2)cc1. The van der Waals surface area contributed by atoms with Gasteiger partial charge in [0, 0.05) is 18.4 Å². The molecule has 0 radical (unpaired) electrons. The third-order valence-corrected chi connectivity index (χ3v) is 4.22. The van der Waals surface area contributed by atoms with Gasteiger partial charge < -0.3 is 14.7 Å². The average Bonchev–Trinajstić information content (AvgIpc) is 3.32. The summed E-state index contributed by atoms with van der Waals surface area (Å²) in [4.78, 5) is 19.7. The number of aromatic amines is 1. The predicted molar refractivity (Wildman–Crippen MR) is 101 cm³/mol. The van der Waals surface area contributed by atoms with Gasteiger partial charge in [0.05, 0.1) is 17.6 Å². The summed E-state index contributed by atoms with van der Waals surface area (Å²) < 4.78 is 5.64. The summed E-state index contributed by atoms with van der Waals surface area (Å²) in [5.74, 6) is 1.55. The predicted octanol–water partition coefficient (Wildman–Crippen LogP) is 3.17. The molecule has 2 heterocycles. The maximum absolute atomic E-state index is 12.1. The number of rotatable bonds is 6. The number of fused-ring (bicyclic) bond motifs is 1. The Morgan fingerprint density at radius 2 is 1.93 bits per heavy atom. The highest BCUT2D eigenvalue weighted by Crippen LogP contribution is 2.18. The molecule has 4 rings (SSSR count). The molecule has 0 aliphatic heterocycles. The summed E-state index contributed by atoms with van der Waals surface area (Å²) in [6, 6.07) is 15.6. The van der Waals surface area contributed by atoms with Crippen molar-refractivity contribution in [1.29, 1.82) is 0 Å². The number of para-hydroxylation sites is 2. The van der Waals surface area contributed by atoms with E-state index < -0.39 is 0 Å². The van der Waals surface area contributed by atoms with Crippen LogP contribution in [0.2, 0.25) is 0 Å². The minimum atomic E-state index is -0.0921. The van der Waals surface area contributed by atoms with Crippen LogP contribution in [0.25, 0.3) is 22.5 Å². The molecule has 2 N–H and O–H groups in total. The monoisotopic (exact) mass is 361 g/mol. The van der Waals surface area contributed by atoms with Crippen LogP contribution in [-0.2, 0) is 17.8 Å². The second kappa shape index (κ2) is 7.41. The molecule has 0 aliphatic carbocycles. The van der Waals surface area contributed by atoms with E-state index in [9.17, 15) is 4.79 Å². The van der Waals surface area contributed by atoms with E-state index in [1.54, 1.807) is 0 Å². The quantitative estimate of drug-likeness (QED) is 0.550. The van der Waals surface area contributed by atoms with Crippen molar-refractivity contribution in [2.24, 2.45) is 0 Å². The highest BCUT2D eigenvalue weighted by Gasteiger charge is 2.11. The minimum Gasteiger partial charge on any atom is -0.421 e. The molecule has 4 aromatic rings. The minimum absolute atomic E-state index is 0.0921. The zero-order chi connectivity index (χ0) is 18.6. The van der Waals surface area contributed by atoms with Gasteiger partial charge in [0.15, 0.2) is 0 Å². The normalized spacial score (nSPS) is 11.0. The van der Waals surface area contributed by atoms with Crippen LogP contribution in [0.5, 0.6) is 0 Å². The molecule has 0 atom stereocenters. The van der Waals surface area contributed by atoms with Crippen molar-refractivity contribution < 1.29 is 9.21 Å². The van der Waals surface area contributed by atoms with Crippen molar-refractivity contribution >= 4 is 16.9 Å². The second-order valence-corrected chi connectivity index (χ2v) is 6.34. The van der Waals surface area contributed by atoms with Crippen molar-refractivity contribution in [3.8, 4) is 11.5 Å². The molecule has 27 heavy (non-hydrogen) atoms. The highest BCUT2D eigenvalue weighted by atomic mass is 16.4. The standard InChI is InChI=1S/C20H19N5O2/c1-13-6-8-14(9-7-13)20-25-24-19(27-20)11-10-18(26)21-12-17-22-15-4-2-3-5-16(15)23-17/h2-9H,10-12H2,1H3,(H,21,26)(H,22,23). The molecule has 2 aromatic heterocycles. The largest absolute Gasteiger partial charge is 0.421 e. The molecule has 136 valence electrons. The molecule has 0 saturated carbocycles. The second-order valence-electron chi connectivity index (χ2n) is 6.34. The van der Waals surface area contributed by atoms with Crippen LogP contribution in [-0.4, -0.2) is 26.1 Å². The number of nitrogens with zero attached hydrogens (tertiary/aromatic N) is 3. The van der Waals surface area contributed by atoms with E-state index in [0.29, 0.717) is 24.7 Å². The van der Waals surface area contributed by atoms with Crippen LogP contribution in [0.15, 0.2) is 52.9 Å². The molecular weight excluding hydrogens is 342 g/mol. The lowest BCUT2D eigenvalue weighted by molar-refractivity contribution is -0.121. The summed E-state index contributed by atoms with van der Waals surface area (Å²) in [5, 5.41) is 10.9. The highest BCUT2D eigenvalue weighted by molar-refractivity contribution is 5.77. The van der Waals surface area contributed by atoms with Gasteiger partial charge in [-0.3, -0.25) is 4.79 Å². The van der Waals surface area contributed by atoms with Gasteiger partial charge in [-0.05, 0) is 31.2 Å². The third kappa shape index (κ3) is 4.03. The van der Waals surface area contributed by atoms with Crippen LogP contribution >= 0.6 is 0 Å². The van der Waals surface area contributed by atoms with Crippen LogP contribution in [0, 0.1) is 6.92 Å². The van der Waals surface area contributed by atoms with Gasteiger partial charge >= 0.3 is 0 Å².